The lowest BCUT2D eigenvalue weighted by molar-refractivity contribution is 0.628. The maximum atomic E-state index is 13.0. The summed E-state index contributed by atoms with van der Waals surface area (Å²) in [5, 5.41) is 11.7. The number of nitrogens with one attached hydrogen (secondary N) is 1. The van der Waals surface area contributed by atoms with E-state index in [9.17, 15) is 4.39 Å². The van der Waals surface area contributed by atoms with E-state index < -0.39 is 5.82 Å². The van der Waals surface area contributed by atoms with Crippen molar-refractivity contribution >= 4 is 39.0 Å². The number of aromatic nitrogens is 1. The second-order valence-electron chi connectivity index (χ2n) is 3.42. The van der Waals surface area contributed by atoms with Crippen LogP contribution in [0.2, 0.25) is 5.02 Å². The lowest BCUT2D eigenvalue weighted by Crippen LogP contribution is -1.95. The van der Waals surface area contributed by atoms with Crippen molar-refractivity contribution in [3.8, 4) is 6.07 Å². The number of nitrogens with zero attached hydrogens (tertiary/aromatic N) is 2. The predicted octanol–water partition coefficient (Wildman–Crippen LogP) is 4.25. The van der Waals surface area contributed by atoms with Gasteiger partial charge in [0.2, 0.25) is 0 Å². The van der Waals surface area contributed by atoms with E-state index in [0.717, 1.165) is 0 Å². The van der Waals surface area contributed by atoms with Crippen molar-refractivity contribution in [2.24, 2.45) is 0 Å². The maximum Gasteiger partial charge on any atom is 0.144 e. The highest BCUT2D eigenvalue weighted by Gasteiger charge is 2.05. The van der Waals surface area contributed by atoms with E-state index in [0.29, 0.717) is 21.5 Å². The van der Waals surface area contributed by atoms with Gasteiger partial charge in [-0.1, -0.05) is 11.6 Å². The van der Waals surface area contributed by atoms with Crippen LogP contribution in [0.3, 0.4) is 0 Å². The minimum Gasteiger partial charge on any atom is -0.339 e. The third kappa shape index (κ3) is 2.78. The number of hydrogen-bond donors (Lipinski definition) is 1. The zero-order valence-corrected chi connectivity index (χ0v) is 11.3. The van der Waals surface area contributed by atoms with E-state index in [4.69, 9.17) is 16.9 Å². The number of halogens is 3. The summed E-state index contributed by atoms with van der Waals surface area (Å²) in [5.41, 5.74) is 1.06. The van der Waals surface area contributed by atoms with E-state index in [1.54, 1.807) is 12.1 Å². The average Bonchev–Trinajstić information content (AvgIpc) is 2.36. The van der Waals surface area contributed by atoms with Crippen LogP contribution in [0.5, 0.6) is 0 Å². The third-order valence-corrected chi connectivity index (χ3v) is 3.05. The van der Waals surface area contributed by atoms with Crippen molar-refractivity contribution in [3.63, 3.8) is 0 Å². The molecule has 1 aromatic heterocycles. The molecule has 2 aromatic rings. The van der Waals surface area contributed by atoms with Crippen LogP contribution in [0.15, 0.2) is 34.9 Å². The molecule has 0 aliphatic rings. The molecule has 1 aromatic carbocycles. The number of pyridine rings is 1. The first-order chi connectivity index (χ1) is 8.60. The molecule has 1 N–H and O–H groups in total. The van der Waals surface area contributed by atoms with Gasteiger partial charge in [-0.2, -0.15) is 5.26 Å². The normalized spacial score (nSPS) is 9.89. The Morgan fingerprint density at radius 1 is 1.39 bits per heavy atom. The highest BCUT2D eigenvalue weighted by molar-refractivity contribution is 9.10. The molecule has 0 aliphatic carbocycles. The van der Waals surface area contributed by atoms with Gasteiger partial charge in [0.25, 0.3) is 0 Å². The van der Waals surface area contributed by atoms with Gasteiger partial charge in [0.05, 0.1) is 15.1 Å². The van der Waals surface area contributed by atoms with Gasteiger partial charge in [-0.15, -0.1) is 0 Å². The van der Waals surface area contributed by atoms with Gasteiger partial charge in [0.1, 0.15) is 17.7 Å². The molecule has 0 bridgehead atoms. The molecule has 0 spiro atoms. The number of anilines is 2. The largest absolute Gasteiger partial charge is 0.339 e. The van der Waals surface area contributed by atoms with Crippen LogP contribution in [-0.4, -0.2) is 4.98 Å². The zero-order chi connectivity index (χ0) is 13.1. The lowest BCUT2D eigenvalue weighted by atomic mass is 10.3. The predicted molar refractivity (Wildman–Crippen MR) is 71.3 cm³/mol. The van der Waals surface area contributed by atoms with Crippen molar-refractivity contribution in [2.45, 2.75) is 0 Å². The van der Waals surface area contributed by atoms with Gasteiger partial charge in [0.15, 0.2) is 0 Å². The highest BCUT2D eigenvalue weighted by Crippen LogP contribution is 2.26. The van der Waals surface area contributed by atoms with Crippen LogP contribution in [0.4, 0.5) is 15.9 Å². The molecule has 0 fully saturated rings. The van der Waals surface area contributed by atoms with Gasteiger partial charge < -0.3 is 5.32 Å². The number of benzene rings is 1. The molecule has 18 heavy (non-hydrogen) atoms. The SMILES string of the molecule is N#Cc1cnc(Nc2ccc(F)c(Cl)c2)c(Br)c1. The van der Waals surface area contributed by atoms with Gasteiger partial charge in [0, 0.05) is 11.9 Å². The van der Waals surface area contributed by atoms with Gasteiger partial charge >= 0.3 is 0 Å². The second-order valence-corrected chi connectivity index (χ2v) is 4.68. The molecule has 3 nitrogen and oxygen atoms in total. The Kier molecular flexibility index (Phi) is 3.80. The highest BCUT2D eigenvalue weighted by atomic mass is 79.9. The number of nitriles is 1. The van der Waals surface area contributed by atoms with Gasteiger partial charge in [-0.25, -0.2) is 9.37 Å². The lowest BCUT2D eigenvalue weighted by Gasteiger charge is -2.08. The molecule has 0 amide bonds. The summed E-state index contributed by atoms with van der Waals surface area (Å²) < 4.78 is 13.6. The summed E-state index contributed by atoms with van der Waals surface area (Å²) in [4.78, 5) is 4.08. The Hall–Kier alpha value is -1.64. The Morgan fingerprint density at radius 3 is 2.78 bits per heavy atom. The quantitative estimate of drug-likeness (QED) is 0.897. The minimum atomic E-state index is -0.478. The second kappa shape index (κ2) is 5.34. The summed E-state index contributed by atoms with van der Waals surface area (Å²) in [6.07, 6.45) is 1.44. The molecule has 1 heterocycles. The number of rotatable bonds is 2. The van der Waals surface area contributed by atoms with Gasteiger partial charge in [-0.3, -0.25) is 0 Å². The molecule has 0 unspecified atom stereocenters. The molecular weight excluding hydrogens is 321 g/mol. The van der Waals surface area contributed by atoms with Crippen LogP contribution in [0.25, 0.3) is 0 Å². The summed E-state index contributed by atoms with van der Waals surface area (Å²) in [7, 11) is 0. The molecule has 0 radical (unpaired) electrons. The van der Waals surface area contributed by atoms with Crippen LogP contribution in [0, 0.1) is 17.1 Å². The zero-order valence-electron chi connectivity index (χ0n) is 8.92. The summed E-state index contributed by atoms with van der Waals surface area (Å²) >= 11 is 8.97. The van der Waals surface area contributed by atoms with E-state index in [1.807, 2.05) is 6.07 Å². The van der Waals surface area contributed by atoms with Crippen LogP contribution < -0.4 is 5.32 Å². The molecule has 2 rings (SSSR count). The van der Waals surface area contributed by atoms with Crippen molar-refractivity contribution in [1.29, 1.82) is 5.26 Å². The molecule has 0 atom stereocenters. The third-order valence-electron chi connectivity index (χ3n) is 2.15. The molecule has 0 saturated carbocycles. The minimum absolute atomic E-state index is 0.0322. The Balaban J connectivity index is 2.29. The fourth-order valence-electron chi connectivity index (χ4n) is 1.30. The van der Waals surface area contributed by atoms with Gasteiger partial charge in [-0.05, 0) is 40.2 Å². The smallest absolute Gasteiger partial charge is 0.144 e. The standard InChI is InChI=1S/C12H6BrClFN3/c13-9-3-7(5-16)6-17-12(9)18-8-1-2-11(15)10(14)4-8/h1-4,6H,(H,17,18). The van der Waals surface area contributed by atoms with Crippen molar-refractivity contribution < 1.29 is 4.39 Å². The van der Waals surface area contributed by atoms with E-state index >= 15 is 0 Å². The fourth-order valence-corrected chi connectivity index (χ4v) is 1.93. The molecular formula is C12H6BrClFN3. The molecule has 90 valence electrons. The van der Waals surface area contributed by atoms with E-state index in [-0.39, 0.29) is 5.02 Å². The van der Waals surface area contributed by atoms with Crippen LogP contribution in [0.1, 0.15) is 5.56 Å². The molecule has 0 aliphatic heterocycles. The maximum absolute atomic E-state index is 13.0. The van der Waals surface area contributed by atoms with Crippen molar-refractivity contribution in [3.05, 3.63) is 51.3 Å². The number of hydrogen-bond acceptors (Lipinski definition) is 3. The molecule has 6 heteroatoms. The summed E-state index contributed by atoms with van der Waals surface area (Å²) in [6.45, 7) is 0. The first-order valence-corrected chi connectivity index (χ1v) is 6.05. The van der Waals surface area contributed by atoms with Crippen LogP contribution >= 0.6 is 27.5 Å². The van der Waals surface area contributed by atoms with Crippen molar-refractivity contribution in [1.82, 2.24) is 4.98 Å². The summed E-state index contributed by atoms with van der Waals surface area (Å²) in [5.74, 6) is 0.0470. The van der Waals surface area contributed by atoms with E-state index in [2.05, 4.69) is 26.2 Å². The van der Waals surface area contributed by atoms with Crippen molar-refractivity contribution in [2.75, 3.05) is 5.32 Å². The first kappa shape index (κ1) is 12.8. The first-order valence-electron chi connectivity index (χ1n) is 4.88. The average molecular weight is 327 g/mol. The Morgan fingerprint density at radius 2 is 2.17 bits per heavy atom. The monoisotopic (exact) mass is 325 g/mol. The Bertz CT molecular complexity index is 640. The Labute approximate surface area is 116 Å². The van der Waals surface area contributed by atoms with E-state index in [1.165, 1.54) is 18.3 Å². The summed E-state index contributed by atoms with van der Waals surface area (Å²) in [6, 6.07) is 7.90. The molecule has 0 saturated heterocycles. The fraction of sp³-hybridized carbons (Fsp3) is 0. The van der Waals surface area contributed by atoms with Crippen LogP contribution in [-0.2, 0) is 0 Å². The topological polar surface area (TPSA) is 48.7 Å².